The first-order valence-corrected chi connectivity index (χ1v) is 11.2. The molecule has 3 aromatic rings. The van der Waals surface area contributed by atoms with Crippen molar-refractivity contribution < 1.29 is 23.2 Å². The number of hydrogen-bond acceptors (Lipinski definition) is 7. The zero-order chi connectivity index (χ0) is 25.6. The maximum Gasteiger partial charge on any atom is 0.273 e. The lowest BCUT2D eigenvalue weighted by Crippen LogP contribution is -2.53. The van der Waals surface area contributed by atoms with Crippen molar-refractivity contribution in [3.8, 4) is 11.9 Å². The second-order valence-corrected chi connectivity index (χ2v) is 9.17. The van der Waals surface area contributed by atoms with Gasteiger partial charge in [-0.2, -0.15) is 10.4 Å². The van der Waals surface area contributed by atoms with Crippen LogP contribution >= 0.6 is 0 Å². The molecule has 0 aliphatic carbocycles. The molecule has 1 atom stereocenters. The SMILES string of the molecule is COc1cc(CNC(=O)[C@@H](NC(=O)c2nn(CCCCC#N)c3cc(F)ccc23)C(C)(C)C)on1. The van der Waals surface area contributed by atoms with Crippen molar-refractivity contribution in [3.63, 3.8) is 0 Å². The molecule has 0 unspecified atom stereocenters. The topological polar surface area (TPSA) is 135 Å². The van der Waals surface area contributed by atoms with Crippen molar-refractivity contribution in [1.82, 2.24) is 25.6 Å². The fraction of sp³-hybridized carbons (Fsp3) is 0.458. The molecule has 10 nitrogen and oxygen atoms in total. The Bertz CT molecular complexity index is 1240. The van der Waals surface area contributed by atoms with Crippen LogP contribution < -0.4 is 15.4 Å². The Balaban J connectivity index is 1.79. The summed E-state index contributed by atoms with van der Waals surface area (Å²) >= 11 is 0. The fourth-order valence-electron chi connectivity index (χ4n) is 3.58. The highest BCUT2D eigenvalue weighted by atomic mass is 19.1. The normalized spacial score (nSPS) is 12.2. The number of ether oxygens (including phenoxy) is 1. The number of rotatable bonds is 10. The second-order valence-electron chi connectivity index (χ2n) is 9.17. The van der Waals surface area contributed by atoms with E-state index in [4.69, 9.17) is 14.5 Å². The number of hydrogen-bond donors (Lipinski definition) is 2. The Morgan fingerprint density at radius 2 is 2.06 bits per heavy atom. The average molecular weight is 485 g/mol. The number of benzene rings is 1. The minimum atomic E-state index is -0.893. The van der Waals surface area contributed by atoms with E-state index in [1.807, 2.05) is 20.8 Å². The van der Waals surface area contributed by atoms with E-state index in [-0.39, 0.29) is 12.2 Å². The summed E-state index contributed by atoms with van der Waals surface area (Å²) in [6.45, 7) is 5.98. The third kappa shape index (κ3) is 6.35. The smallest absolute Gasteiger partial charge is 0.273 e. The molecule has 2 N–H and O–H groups in total. The van der Waals surface area contributed by atoms with Crippen LogP contribution in [0.5, 0.6) is 5.88 Å². The van der Waals surface area contributed by atoms with E-state index in [1.165, 1.54) is 25.3 Å². The van der Waals surface area contributed by atoms with E-state index in [0.29, 0.717) is 48.4 Å². The predicted octanol–water partition coefficient (Wildman–Crippen LogP) is 3.33. The number of unbranched alkanes of at least 4 members (excludes halogenated alkanes) is 2. The molecule has 186 valence electrons. The van der Waals surface area contributed by atoms with E-state index in [9.17, 15) is 14.0 Å². The van der Waals surface area contributed by atoms with E-state index >= 15 is 0 Å². The maximum absolute atomic E-state index is 13.9. The van der Waals surface area contributed by atoms with Gasteiger partial charge >= 0.3 is 0 Å². The van der Waals surface area contributed by atoms with E-state index in [0.717, 1.165) is 0 Å². The van der Waals surface area contributed by atoms with Crippen LogP contribution in [0, 0.1) is 22.6 Å². The number of carbonyl (C=O) groups excluding carboxylic acids is 2. The molecule has 1 aromatic carbocycles. The molecule has 2 amide bonds. The van der Waals surface area contributed by atoms with Crippen molar-refractivity contribution >= 4 is 22.7 Å². The highest BCUT2D eigenvalue weighted by Gasteiger charge is 2.34. The number of aryl methyl sites for hydroxylation is 1. The summed E-state index contributed by atoms with van der Waals surface area (Å²) in [4.78, 5) is 26.3. The number of aromatic nitrogens is 3. The van der Waals surface area contributed by atoms with Crippen LogP contribution in [0.3, 0.4) is 0 Å². The van der Waals surface area contributed by atoms with Crippen LogP contribution in [0.2, 0.25) is 0 Å². The van der Waals surface area contributed by atoms with E-state index in [2.05, 4.69) is 27.0 Å². The maximum atomic E-state index is 13.9. The van der Waals surface area contributed by atoms with Gasteiger partial charge in [0, 0.05) is 24.4 Å². The van der Waals surface area contributed by atoms with Gasteiger partial charge in [-0.05, 0) is 41.6 Å². The van der Waals surface area contributed by atoms with Gasteiger partial charge in [0.2, 0.25) is 5.91 Å². The largest absolute Gasteiger partial charge is 0.479 e. The summed E-state index contributed by atoms with van der Waals surface area (Å²) in [5, 5.41) is 22.9. The minimum Gasteiger partial charge on any atom is -0.479 e. The number of halogens is 1. The summed E-state index contributed by atoms with van der Waals surface area (Å²) in [6.07, 6.45) is 1.73. The molecule has 0 saturated heterocycles. The quantitative estimate of drug-likeness (QED) is 0.421. The standard InChI is InChI=1S/C24H29FN6O4/c1-24(2,3)21(23(33)27-14-16-13-19(34-4)30-35-16)28-22(32)20-17-9-8-15(25)12-18(17)31(29-20)11-7-5-6-10-26/h8-9,12-13,21H,5-7,11,14H2,1-4H3,(H,27,33)(H,28,32)/t21-/m1/s1. The highest BCUT2D eigenvalue weighted by molar-refractivity contribution is 6.06. The summed E-state index contributed by atoms with van der Waals surface area (Å²) in [5.74, 6) is -0.710. The molecule has 0 radical (unpaired) electrons. The molecule has 0 spiro atoms. The second kappa shape index (κ2) is 11.0. The molecule has 0 bridgehead atoms. The molecule has 2 heterocycles. The number of carbonyl (C=O) groups is 2. The first-order valence-electron chi connectivity index (χ1n) is 11.2. The first kappa shape index (κ1) is 25.7. The average Bonchev–Trinajstić information content (AvgIpc) is 3.42. The first-order chi connectivity index (χ1) is 16.6. The van der Waals surface area contributed by atoms with Gasteiger partial charge in [-0.3, -0.25) is 14.3 Å². The fourth-order valence-corrected chi connectivity index (χ4v) is 3.58. The number of nitrogens with one attached hydrogen (secondary N) is 2. The van der Waals surface area contributed by atoms with Gasteiger partial charge in [0.05, 0.1) is 25.2 Å². The van der Waals surface area contributed by atoms with Gasteiger partial charge in [-0.1, -0.05) is 20.8 Å². The van der Waals surface area contributed by atoms with Crippen molar-refractivity contribution in [1.29, 1.82) is 5.26 Å². The number of methoxy groups -OCH3 is 1. The third-order valence-electron chi connectivity index (χ3n) is 5.42. The van der Waals surface area contributed by atoms with Crippen LogP contribution in [0.1, 0.15) is 56.3 Å². The lowest BCUT2D eigenvalue weighted by Gasteiger charge is -2.30. The van der Waals surface area contributed by atoms with Gasteiger partial charge in [0.1, 0.15) is 11.9 Å². The monoisotopic (exact) mass is 484 g/mol. The zero-order valence-corrected chi connectivity index (χ0v) is 20.2. The molecule has 2 aromatic heterocycles. The van der Waals surface area contributed by atoms with Gasteiger partial charge in [-0.15, -0.1) is 0 Å². The Labute approximate surface area is 202 Å². The Kier molecular flexibility index (Phi) is 8.06. The molecule has 0 aliphatic heterocycles. The van der Waals surface area contributed by atoms with Crippen LogP contribution in [-0.2, 0) is 17.9 Å². The lowest BCUT2D eigenvalue weighted by atomic mass is 9.86. The number of nitriles is 1. The molecule has 0 aliphatic rings. The number of fused-ring (bicyclic) bond motifs is 1. The van der Waals surface area contributed by atoms with E-state index in [1.54, 1.807) is 10.7 Å². The van der Waals surface area contributed by atoms with Crippen LogP contribution in [-0.4, -0.2) is 39.9 Å². The Hall–Kier alpha value is -3.94. The predicted molar refractivity (Wildman–Crippen MR) is 125 cm³/mol. The number of nitrogens with zero attached hydrogens (tertiary/aromatic N) is 4. The summed E-state index contributed by atoms with van der Waals surface area (Å²) in [7, 11) is 1.46. The Morgan fingerprint density at radius 1 is 1.29 bits per heavy atom. The molecule has 3 rings (SSSR count). The van der Waals surface area contributed by atoms with Crippen molar-refractivity contribution in [2.45, 2.75) is 59.2 Å². The minimum absolute atomic E-state index is 0.0666. The highest BCUT2D eigenvalue weighted by Crippen LogP contribution is 2.24. The zero-order valence-electron chi connectivity index (χ0n) is 20.2. The van der Waals surface area contributed by atoms with Crippen LogP contribution in [0.25, 0.3) is 10.9 Å². The molecular formula is C24H29FN6O4. The number of amides is 2. The van der Waals surface area contributed by atoms with Gasteiger partial charge in [-0.25, -0.2) is 4.39 Å². The molecule has 0 saturated carbocycles. The van der Waals surface area contributed by atoms with Crippen molar-refractivity contribution in [2.24, 2.45) is 5.41 Å². The summed E-state index contributed by atoms with van der Waals surface area (Å²) in [5.41, 5.74) is -0.0499. The molecular weight excluding hydrogens is 455 g/mol. The molecule has 35 heavy (non-hydrogen) atoms. The van der Waals surface area contributed by atoms with Crippen LogP contribution in [0.15, 0.2) is 28.8 Å². The summed E-state index contributed by atoms with van der Waals surface area (Å²) in [6, 6.07) is 6.84. The third-order valence-corrected chi connectivity index (χ3v) is 5.42. The lowest BCUT2D eigenvalue weighted by molar-refractivity contribution is -0.125. The molecule has 11 heteroatoms. The van der Waals surface area contributed by atoms with Crippen molar-refractivity contribution in [2.75, 3.05) is 7.11 Å². The Morgan fingerprint density at radius 3 is 2.71 bits per heavy atom. The van der Waals surface area contributed by atoms with Gasteiger partial charge in [0.15, 0.2) is 11.5 Å². The van der Waals surface area contributed by atoms with Gasteiger partial charge < -0.3 is 19.9 Å². The van der Waals surface area contributed by atoms with E-state index < -0.39 is 29.1 Å². The van der Waals surface area contributed by atoms with Gasteiger partial charge in [0.25, 0.3) is 11.8 Å². The molecule has 0 fully saturated rings. The van der Waals surface area contributed by atoms with Crippen molar-refractivity contribution in [3.05, 3.63) is 41.5 Å². The summed E-state index contributed by atoms with van der Waals surface area (Å²) < 4.78 is 25.6. The van der Waals surface area contributed by atoms with Crippen LogP contribution in [0.4, 0.5) is 4.39 Å².